The van der Waals surface area contributed by atoms with Crippen LogP contribution in [0.15, 0.2) is 79.1 Å². The highest BCUT2D eigenvalue weighted by Gasteiger charge is 2.17. The van der Waals surface area contributed by atoms with Gasteiger partial charge in [-0.2, -0.15) is 0 Å². The molecule has 0 aliphatic rings. The van der Waals surface area contributed by atoms with Crippen molar-refractivity contribution in [3.8, 4) is 22.6 Å². The number of phenolic OH excluding ortho intramolecular Hbond substituents is 2. The number of aromatic hydroxyl groups is 2. The zero-order valence-electron chi connectivity index (χ0n) is 14.3. The van der Waals surface area contributed by atoms with Gasteiger partial charge < -0.3 is 19.0 Å². The molecule has 0 unspecified atom stereocenters. The molecule has 0 fully saturated rings. The van der Waals surface area contributed by atoms with E-state index in [-0.39, 0.29) is 16.7 Å². The van der Waals surface area contributed by atoms with Gasteiger partial charge >= 0.3 is 11.3 Å². The fourth-order valence-electron chi connectivity index (χ4n) is 3.48. The van der Waals surface area contributed by atoms with E-state index in [2.05, 4.69) is 0 Å². The van der Waals surface area contributed by atoms with Gasteiger partial charge in [-0.15, -0.1) is 0 Å². The van der Waals surface area contributed by atoms with Crippen molar-refractivity contribution < 1.29 is 19.0 Å². The Kier molecular flexibility index (Phi) is 3.30. The summed E-state index contributed by atoms with van der Waals surface area (Å²) in [6.07, 6.45) is 0. The first-order valence-electron chi connectivity index (χ1n) is 8.48. The van der Waals surface area contributed by atoms with Gasteiger partial charge in [-0.1, -0.05) is 30.3 Å². The summed E-state index contributed by atoms with van der Waals surface area (Å²) in [4.78, 5) is 24.7. The average molecular weight is 372 g/mol. The van der Waals surface area contributed by atoms with Crippen molar-refractivity contribution in [1.82, 2.24) is 0 Å². The second kappa shape index (κ2) is 5.72. The Bertz CT molecular complexity index is 1520. The molecule has 28 heavy (non-hydrogen) atoms. The van der Waals surface area contributed by atoms with Crippen LogP contribution in [0.3, 0.4) is 0 Å². The highest BCUT2D eigenvalue weighted by molar-refractivity contribution is 6.07. The lowest BCUT2D eigenvalue weighted by Crippen LogP contribution is -2.06. The van der Waals surface area contributed by atoms with Gasteiger partial charge in [0.2, 0.25) is 5.75 Å². The van der Waals surface area contributed by atoms with Crippen molar-refractivity contribution >= 4 is 32.7 Å². The lowest BCUT2D eigenvalue weighted by molar-refractivity contribution is 0.397. The molecule has 136 valence electrons. The minimum absolute atomic E-state index is 0.159. The summed E-state index contributed by atoms with van der Waals surface area (Å²) in [6, 6.07) is 16.8. The molecule has 3 aromatic carbocycles. The van der Waals surface area contributed by atoms with Crippen LogP contribution in [-0.4, -0.2) is 10.2 Å². The molecule has 0 spiro atoms. The smallest absolute Gasteiger partial charge is 0.344 e. The molecule has 6 nitrogen and oxygen atoms in total. The predicted octanol–water partition coefficient (Wildman–Crippen LogP) is 4.13. The summed E-state index contributed by atoms with van der Waals surface area (Å²) in [5, 5.41) is 22.7. The third-order valence-electron chi connectivity index (χ3n) is 4.80. The molecule has 2 aromatic heterocycles. The fourth-order valence-corrected chi connectivity index (χ4v) is 3.48. The van der Waals surface area contributed by atoms with E-state index in [9.17, 15) is 19.8 Å². The zero-order chi connectivity index (χ0) is 19.4. The van der Waals surface area contributed by atoms with E-state index in [1.807, 2.05) is 30.3 Å². The summed E-state index contributed by atoms with van der Waals surface area (Å²) in [5.74, 6) is -0.989. The van der Waals surface area contributed by atoms with Crippen molar-refractivity contribution in [3.63, 3.8) is 0 Å². The van der Waals surface area contributed by atoms with Crippen LogP contribution in [0.25, 0.3) is 43.8 Å². The minimum atomic E-state index is -0.763. The van der Waals surface area contributed by atoms with Gasteiger partial charge in [-0.25, -0.2) is 9.59 Å². The molecule has 0 saturated carbocycles. The molecular formula is C22H12O6. The van der Waals surface area contributed by atoms with Crippen molar-refractivity contribution in [3.05, 3.63) is 81.5 Å². The first-order valence-corrected chi connectivity index (χ1v) is 8.48. The van der Waals surface area contributed by atoms with Crippen LogP contribution < -0.4 is 11.3 Å². The normalized spacial score (nSPS) is 11.4. The van der Waals surface area contributed by atoms with Gasteiger partial charge in [0, 0.05) is 22.4 Å². The van der Waals surface area contributed by atoms with Crippen LogP contribution in [0.5, 0.6) is 11.5 Å². The van der Waals surface area contributed by atoms with Crippen LogP contribution >= 0.6 is 0 Å². The second-order valence-corrected chi connectivity index (χ2v) is 6.44. The Morgan fingerprint density at radius 3 is 2.39 bits per heavy atom. The third-order valence-corrected chi connectivity index (χ3v) is 4.80. The van der Waals surface area contributed by atoms with Crippen molar-refractivity contribution in [2.45, 2.75) is 0 Å². The topological polar surface area (TPSA) is 101 Å². The average Bonchev–Trinajstić information content (AvgIpc) is 2.70. The second-order valence-electron chi connectivity index (χ2n) is 6.44. The molecule has 2 heterocycles. The van der Waals surface area contributed by atoms with Gasteiger partial charge in [0.05, 0.1) is 5.56 Å². The number of hydrogen-bond acceptors (Lipinski definition) is 6. The van der Waals surface area contributed by atoms with Crippen molar-refractivity contribution in [2.75, 3.05) is 0 Å². The Morgan fingerprint density at radius 1 is 0.714 bits per heavy atom. The molecule has 0 atom stereocenters. The number of rotatable bonds is 1. The number of fused-ring (bicyclic) bond motifs is 4. The summed E-state index contributed by atoms with van der Waals surface area (Å²) in [6.45, 7) is 0. The summed E-state index contributed by atoms with van der Waals surface area (Å²) in [5.41, 5.74) is -0.736. The first kappa shape index (κ1) is 16.1. The summed E-state index contributed by atoms with van der Waals surface area (Å²) >= 11 is 0. The van der Waals surface area contributed by atoms with E-state index >= 15 is 0 Å². The third kappa shape index (κ3) is 2.28. The SMILES string of the molecule is O=c1cc(-c2cc3c(ccc4ccccc43)oc2=O)c2ccc(O)c(O)c2o1. The number of phenols is 2. The summed E-state index contributed by atoms with van der Waals surface area (Å²) < 4.78 is 10.5. The zero-order valence-corrected chi connectivity index (χ0v) is 14.3. The predicted molar refractivity (Wildman–Crippen MR) is 105 cm³/mol. The molecule has 2 N–H and O–H groups in total. The largest absolute Gasteiger partial charge is 0.504 e. The maximum absolute atomic E-state index is 12.7. The van der Waals surface area contributed by atoms with E-state index in [0.717, 1.165) is 16.2 Å². The Hall–Kier alpha value is -4.06. The Labute approximate surface area is 156 Å². The number of benzene rings is 3. The lowest BCUT2D eigenvalue weighted by Gasteiger charge is -2.08. The molecule has 0 bridgehead atoms. The highest BCUT2D eigenvalue weighted by atomic mass is 16.4. The highest BCUT2D eigenvalue weighted by Crippen LogP contribution is 2.37. The van der Waals surface area contributed by atoms with Gasteiger partial charge in [0.25, 0.3) is 0 Å². The molecule has 0 aliphatic heterocycles. The molecule has 0 saturated heterocycles. The van der Waals surface area contributed by atoms with Gasteiger partial charge in [0.15, 0.2) is 11.3 Å². The maximum atomic E-state index is 12.7. The van der Waals surface area contributed by atoms with Crippen molar-refractivity contribution in [2.24, 2.45) is 0 Å². The van der Waals surface area contributed by atoms with E-state index in [0.29, 0.717) is 11.0 Å². The fraction of sp³-hybridized carbons (Fsp3) is 0. The molecular weight excluding hydrogens is 360 g/mol. The molecule has 5 rings (SSSR count). The van der Waals surface area contributed by atoms with Crippen LogP contribution in [0.2, 0.25) is 0 Å². The van der Waals surface area contributed by atoms with Crippen LogP contribution in [0, 0.1) is 0 Å². The standard InChI is InChI=1S/C22H12O6/c23-17-7-6-13-14(10-19(24)28-21(13)20(17)25)16-9-15-12-4-2-1-3-11(12)5-8-18(15)27-22(16)26/h1-10,23,25H. The van der Waals surface area contributed by atoms with Crippen molar-refractivity contribution in [1.29, 1.82) is 0 Å². The first-order chi connectivity index (χ1) is 13.5. The van der Waals surface area contributed by atoms with Crippen LogP contribution in [-0.2, 0) is 0 Å². The lowest BCUT2D eigenvalue weighted by atomic mass is 9.99. The minimum Gasteiger partial charge on any atom is -0.504 e. The number of hydrogen-bond donors (Lipinski definition) is 2. The molecule has 0 aliphatic carbocycles. The molecule has 0 radical (unpaired) electrons. The molecule has 6 heteroatoms. The Morgan fingerprint density at radius 2 is 1.54 bits per heavy atom. The monoisotopic (exact) mass is 372 g/mol. The summed E-state index contributed by atoms with van der Waals surface area (Å²) in [7, 11) is 0. The maximum Gasteiger partial charge on any atom is 0.344 e. The van der Waals surface area contributed by atoms with E-state index in [4.69, 9.17) is 8.83 Å². The van der Waals surface area contributed by atoms with E-state index in [1.54, 1.807) is 12.1 Å². The van der Waals surface area contributed by atoms with Crippen LogP contribution in [0.4, 0.5) is 0 Å². The van der Waals surface area contributed by atoms with E-state index < -0.39 is 22.8 Å². The van der Waals surface area contributed by atoms with Crippen LogP contribution in [0.1, 0.15) is 0 Å². The molecule has 0 amide bonds. The Balaban J connectivity index is 1.93. The van der Waals surface area contributed by atoms with Gasteiger partial charge in [-0.05, 0) is 35.0 Å². The molecule has 5 aromatic rings. The van der Waals surface area contributed by atoms with Gasteiger partial charge in [0.1, 0.15) is 5.58 Å². The van der Waals surface area contributed by atoms with E-state index in [1.165, 1.54) is 18.2 Å². The quantitative estimate of drug-likeness (QED) is 0.261. The van der Waals surface area contributed by atoms with Gasteiger partial charge in [-0.3, -0.25) is 0 Å².